The van der Waals surface area contributed by atoms with Crippen molar-refractivity contribution in [3.8, 4) is 11.5 Å². The molecule has 32 heavy (non-hydrogen) atoms. The average Bonchev–Trinajstić information content (AvgIpc) is 2.80. The van der Waals surface area contributed by atoms with Crippen molar-refractivity contribution in [3.05, 3.63) is 47.7 Å². The number of rotatable bonds is 6. The van der Waals surface area contributed by atoms with E-state index in [1.807, 2.05) is 6.07 Å². The van der Waals surface area contributed by atoms with Gasteiger partial charge in [0.25, 0.3) is 0 Å². The zero-order valence-electron chi connectivity index (χ0n) is 18.1. The maximum absolute atomic E-state index is 12.5. The molecule has 0 radical (unpaired) electrons. The van der Waals surface area contributed by atoms with Crippen molar-refractivity contribution in [1.82, 2.24) is 14.9 Å². The number of aromatic nitrogens is 2. The second kappa shape index (κ2) is 10.0. The maximum Gasteiger partial charge on any atom is 0.324 e. The van der Waals surface area contributed by atoms with E-state index in [0.29, 0.717) is 51.5 Å². The first-order chi connectivity index (χ1) is 15.5. The maximum atomic E-state index is 12.5. The fourth-order valence-electron chi connectivity index (χ4n) is 3.70. The van der Waals surface area contributed by atoms with Crippen LogP contribution in [-0.2, 0) is 0 Å². The first-order valence-corrected chi connectivity index (χ1v) is 10.9. The number of anilines is 2. The number of carbonyl (C=O) groups is 1. The van der Waals surface area contributed by atoms with Crippen molar-refractivity contribution in [3.63, 3.8) is 0 Å². The standard InChI is InChI=1S/C23H26ClN5O3/c1-29-9-7-15(8-10-29)13-32-21-12-19-16(11-20(21)31-2)22(26-14-25-19)28-23(30)27-18-6-4-3-5-17(18)24/h3-6,11-12,14-15H,7-10,13H2,1-2H3,(H2,25,26,27,28,30). The van der Waals surface area contributed by atoms with Crippen molar-refractivity contribution in [2.24, 2.45) is 5.92 Å². The van der Waals surface area contributed by atoms with Crippen LogP contribution in [0.2, 0.25) is 5.02 Å². The lowest BCUT2D eigenvalue weighted by Crippen LogP contribution is -2.32. The third-order valence-electron chi connectivity index (χ3n) is 5.59. The molecule has 4 rings (SSSR count). The molecule has 0 unspecified atom stereocenters. The lowest BCUT2D eigenvalue weighted by molar-refractivity contribution is 0.157. The van der Waals surface area contributed by atoms with Crippen LogP contribution in [-0.4, -0.2) is 54.8 Å². The summed E-state index contributed by atoms with van der Waals surface area (Å²) < 4.78 is 11.7. The van der Waals surface area contributed by atoms with Gasteiger partial charge in [0.05, 0.1) is 29.9 Å². The topological polar surface area (TPSA) is 88.6 Å². The summed E-state index contributed by atoms with van der Waals surface area (Å²) in [7, 11) is 3.73. The molecule has 2 aromatic carbocycles. The Balaban J connectivity index is 1.51. The van der Waals surface area contributed by atoms with E-state index in [2.05, 4.69) is 32.5 Å². The van der Waals surface area contributed by atoms with Crippen LogP contribution in [0.1, 0.15) is 12.8 Å². The number of hydrogen-bond acceptors (Lipinski definition) is 6. The van der Waals surface area contributed by atoms with Gasteiger partial charge in [0.15, 0.2) is 11.5 Å². The minimum absolute atomic E-state index is 0.361. The van der Waals surface area contributed by atoms with Crippen LogP contribution in [0.4, 0.5) is 16.3 Å². The zero-order chi connectivity index (χ0) is 22.5. The number of piperidine rings is 1. The number of para-hydroxylation sites is 1. The van der Waals surface area contributed by atoms with E-state index < -0.39 is 6.03 Å². The molecule has 9 heteroatoms. The Morgan fingerprint density at radius 1 is 1.16 bits per heavy atom. The van der Waals surface area contributed by atoms with Crippen LogP contribution in [0.3, 0.4) is 0 Å². The second-order valence-corrected chi connectivity index (χ2v) is 8.27. The van der Waals surface area contributed by atoms with E-state index in [4.69, 9.17) is 21.1 Å². The van der Waals surface area contributed by atoms with Crippen molar-refractivity contribution in [2.45, 2.75) is 12.8 Å². The van der Waals surface area contributed by atoms with Gasteiger partial charge in [-0.15, -0.1) is 0 Å². The van der Waals surface area contributed by atoms with Gasteiger partial charge in [-0.1, -0.05) is 23.7 Å². The van der Waals surface area contributed by atoms with Crippen molar-refractivity contribution < 1.29 is 14.3 Å². The van der Waals surface area contributed by atoms with Crippen molar-refractivity contribution in [2.75, 3.05) is 44.5 Å². The molecule has 1 aliphatic heterocycles. The van der Waals surface area contributed by atoms with Gasteiger partial charge in [-0.3, -0.25) is 5.32 Å². The number of ether oxygens (including phenoxy) is 2. The molecule has 1 saturated heterocycles. The van der Waals surface area contributed by atoms with E-state index in [1.165, 1.54) is 6.33 Å². The smallest absolute Gasteiger partial charge is 0.324 e. The van der Waals surface area contributed by atoms with E-state index in [9.17, 15) is 4.79 Å². The molecule has 1 aliphatic rings. The minimum atomic E-state index is -0.459. The summed E-state index contributed by atoms with van der Waals surface area (Å²) in [6, 6.07) is 10.2. The van der Waals surface area contributed by atoms with Gasteiger partial charge in [-0.2, -0.15) is 0 Å². The fourth-order valence-corrected chi connectivity index (χ4v) is 3.88. The van der Waals surface area contributed by atoms with Gasteiger partial charge >= 0.3 is 6.03 Å². The Kier molecular flexibility index (Phi) is 6.92. The molecule has 2 N–H and O–H groups in total. The van der Waals surface area contributed by atoms with Crippen LogP contribution < -0.4 is 20.1 Å². The Morgan fingerprint density at radius 3 is 2.69 bits per heavy atom. The highest BCUT2D eigenvalue weighted by molar-refractivity contribution is 6.33. The molecule has 0 saturated carbocycles. The van der Waals surface area contributed by atoms with E-state index in [0.717, 1.165) is 25.9 Å². The lowest BCUT2D eigenvalue weighted by atomic mass is 9.98. The van der Waals surface area contributed by atoms with Crippen LogP contribution in [0.5, 0.6) is 11.5 Å². The third-order valence-corrected chi connectivity index (χ3v) is 5.92. The molecular formula is C23H26ClN5O3. The highest BCUT2D eigenvalue weighted by Gasteiger charge is 2.19. The number of hydrogen-bond donors (Lipinski definition) is 2. The number of methoxy groups -OCH3 is 1. The quantitative estimate of drug-likeness (QED) is 0.562. The van der Waals surface area contributed by atoms with Crippen molar-refractivity contribution >= 4 is 40.0 Å². The summed E-state index contributed by atoms with van der Waals surface area (Å²) in [6.07, 6.45) is 3.63. The Labute approximate surface area is 191 Å². The monoisotopic (exact) mass is 455 g/mol. The van der Waals surface area contributed by atoms with E-state index >= 15 is 0 Å². The molecule has 3 aromatic rings. The number of halogens is 1. The average molecular weight is 456 g/mol. The SMILES string of the molecule is COc1cc2c(NC(=O)Nc3ccccc3Cl)ncnc2cc1OCC1CCN(C)CC1. The largest absolute Gasteiger partial charge is 0.493 e. The molecule has 0 atom stereocenters. The Morgan fingerprint density at radius 2 is 1.94 bits per heavy atom. The third kappa shape index (κ3) is 5.20. The Hall–Kier alpha value is -3.10. The molecule has 0 spiro atoms. The van der Waals surface area contributed by atoms with Gasteiger partial charge in [0.2, 0.25) is 0 Å². The number of likely N-dealkylation sites (tertiary alicyclic amines) is 1. The first kappa shape index (κ1) is 22.1. The van der Waals surface area contributed by atoms with Crippen LogP contribution in [0.25, 0.3) is 10.9 Å². The highest BCUT2D eigenvalue weighted by atomic mass is 35.5. The number of urea groups is 1. The number of nitrogens with one attached hydrogen (secondary N) is 2. The number of amides is 2. The number of carbonyl (C=O) groups excluding carboxylic acids is 1. The number of benzene rings is 2. The lowest BCUT2D eigenvalue weighted by Gasteiger charge is -2.28. The fraction of sp³-hybridized carbons (Fsp3) is 0.348. The number of fused-ring (bicyclic) bond motifs is 1. The highest BCUT2D eigenvalue weighted by Crippen LogP contribution is 2.34. The Bertz CT molecular complexity index is 1100. The first-order valence-electron chi connectivity index (χ1n) is 10.5. The van der Waals surface area contributed by atoms with Gasteiger partial charge in [0.1, 0.15) is 12.1 Å². The minimum Gasteiger partial charge on any atom is -0.493 e. The van der Waals surface area contributed by atoms with Gasteiger partial charge in [-0.25, -0.2) is 14.8 Å². The molecule has 8 nitrogen and oxygen atoms in total. The molecule has 2 amide bonds. The molecule has 1 aromatic heterocycles. The summed E-state index contributed by atoms with van der Waals surface area (Å²) in [5.41, 5.74) is 1.15. The second-order valence-electron chi connectivity index (χ2n) is 7.86. The molecule has 168 valence electrons. The van der Waals surface area contributed by atoms with Gasteiger partial charge in [0, 0.05) is 11.5 Å². The predicted molar refractivity (Wildman–Crippen MR) is 126 cm³/mol. The summed E-state index contributed by atoms with van der Waals surface area (Å²) in [5, 5.41) is 6.57. The van der Waals surface area contributed by atoms with Crippen LogP contribution >= 0.6 is 11.6 Å². The molecule has 2 heterocycles. The molecular weight excluding hydrogens is 430 g/mol. The number of nitrogens with zero attached hydrogens (tertiary/aromatic N) is 3. The van der Waals surface area contributed by atoms with Crippen LogP contribution in [0.15, 0.2) is 42.7 Å². The van der Waals surface area contributed by atoms with Crippen LogP contribution in [0, 0.1) is 5.92 Å². The molecule has 0 aliphatic carbocycles. The molecule has 1 fully saturated rings. The summed E-state index contributed by atoms with van der Waals surface area (Å²) in [4.78, 5) is 23.4. The van der Waals surface area contributed by atoms with Gasteiger partial charge in [-0.05, 0) is 57.1 Å². The summed E-state index contributed by atoms with van der Waals surface area (Å²) >= 11 is 6.12. The summed E-state index contributed by atoms with van der Waals surface area (Å²) in [5.74, 6) is 2.07. The van der Waals surface area contributed by atoms with Crippen molar-refractivity contribution in [1.29, 1.82) is 0 Å². The van der Waals surface area contributed by atoms with E-state index in [-0.39, 0.29) is 0 Å². The normalized spacial score (nSPS) is 14.8. The summed E-state index contributed by atoms with van der Waals surface area (Å²) in [6.45, 7) is 2.80. The zero-order valence-corrected chi connectivity index (χ0v) is 18.9. The van der Waals surface area contributed by atoms with Gasteiger partial charge < -0.3 is 19.7 Å². The predicted octanol–water partition coefficient (Wildman–Crippen LogP) is 4.66. The van der Waals surface area contributed by atoms with E-state index in [1.54, 1.807) is 37.4 Å². The molecule has 0 bridgehead atoms.